The second-order valence-electron chi connectivity index (χ2n) is 18.1. The van der Waals surface area contributed by atoms with Crippen LogP contribution in [0.4, 0.5) is 0 Å². The molecule has 0 aromatic rings. The molecule has 1 aliphatic heterocycles. The predicted octanol–water partition coefficient (Wildman–Crippen LogP) is 12.0. The van der Waals surface area contributed by atoms with Gasteiger partial charge in [0, 0.05) is 13.0 Å². The van der Waals surface area contributed by atoms with E-state index >= 15 is 0 Å². The van der Waals surface area contributed by atoms with Crippen molar-refractivity contribution < 1.29 is 56.2 Å². The second kappa shape index (κ2) is 42.9. The molecule has 0 aromatic heterocycles. The molecule has 6 unspecified atom stereocenters. The van der Waals surface area contributed by atoms with Gasteiger partial charge >= 0.3 is 16.4 Å². The van der Waals surface area contributed by atoms with Crippen LogP contribution in [0.15, 0.2) is 24.3 Å². The zero-order chi connectivity index (χ0) is 46.8. The number of rotatable bonds is 46. The van der Waals surface area contributed by atoms with Gasteiger partial charge in [0.25, 0.3) is 0 Å². The lowest BCUT2D eigenvalue weighted by Gasteiger charge is -2.41. The average Bonchev–Trinajstić information content (AvgIpc) is 3.27. The molecule has 0 aromatic carbocycles. The van der Waals surface area contributed by atoms with E-state index in [2.05, 4.69) is 42.3 Å². The van der Waals surface area contributed by atoms with Gasteiger partial charge in [-0.15, -0.1) is 0 Å². The van der Waals surface area contributed by atoms with Crippen LogP contribution in [0.25, 0.3) is 0 Å². The summed E-state index contributed by atoms with van der Waals surface area (Å²) in [6.07, 6.45) is 40.9. The van der Waals surface area contributed by atoms with Crippen LogP contribution in [0.5, 0.6) is 0 Å². The van der Waals surface area contributed by atoms with Crippen molar-refractivity contribution in [3.63, 3.8) is 0 Å². The Morgan fingerprint density at radius 3 is 1.45 bits per heavy atom. The number of carbonyl (C=O) groups excluding carboxylic acids is 1. The Hall–Kier alpha value is -1.42. The first-order valence-corrected chi connectivity index (χ1v) is 27.5. The van der Waals surface area contributed by atoms with E-state index in [1.807, 2.05) is 0 Å². The van der Waals surface area contributed by atoms with Crippen molar-refractivity contribution in [3.05, 3.63) is 24.3 Å². The molecular weight excluding hydrogens is 837 g/mol. The Bertz CT molecular complexity index is 1210. The third-order valence-corrected chi connectivity index (χ3v) is 12.5. The fraction of sp³-hybridized carbons (Fsp3) is 0.902. The maximum atomic E-state index is 12.8. The first-order valence-electron chi connectivity index (χ1n) is 26.1. The number of aliphatic hydroxyl groups excluding tert-OH is 3. The Kier molecular flexibility index (Phi) is 40.6. The van der Waals surface area contributed by atoms with Crippen molar-refractivity contribution in [1.82, 2.24) is 0 Å². The Balaban J connectivity index is 2.25. The van der Waals surface area contributed by atoms with Crippen LogP contribution in [0, 0.1) is 0 Å². The number of hydrogen-bond donors (Lipinski definition) is 4. The highest BCUT2D eigenvalue weighted by Crippen LogP contribution is 2.26. The fourth-order valence-electron chi connectivity index (χ4n) is 8.06. The highest BCUT2D eigenvalue weighted by Gasteiger charge is 2.48. The van der Waals surface area contributed by atoms with Crippen LogP contribution < -0.4 is 0 Å². The molecule has 1 saturated heterocycles. The molecule has 13 heteroatoms. The number of hydrogen-bond acceptors (Lipinski definition) is 11. The molecule has 64 heavy (non-hydrogen) atoms. The van der Waals surface area contributed by atoms with Crippen LogP contribution in [-0.2, 0) is 38.3 Å². The molecule has 0 aliphatic carbocycles. The van der Waals surface area contributed by atoms with Gasteiger partial charge in [0.1, 0.15) is 30.5 Å². The minimum absolute atomic E-state index is 0.0358. The van der Waals surface area contributed by atoms with E-state index in [9.17, 15) is 33.1 Å². The predicted molar refractivity (Wildman–Crippen MR) is 257 cm³/mol. The number of allylic oxidation sites excluding steroid dienone is 4. The lowest BCUT2D eigenvalue weighted by molar-refractivity contribution is -0.301. The lowest BCUT2D eigenvalue weighted by atomic mass is 9.99. The molecule has 1 heterocycles. The third kappa shape index (κ3) is 35.7. The van der Waals surface area contributed by atoms with E-state index in [1.54, 1.807) is 0 Å². The number of ether oxygens (including phenoxy) is 4. The molecule has 0 spiro atoms. The smallest absolute Gasteiger partial charge is 0.397 e. The van der Waals surface area contributed by atoms with E-state index in [0.717, 1.165) is 57.8 Å². The van der Waals surface area contributed by atoms with Crippen LogP contribution in [0.2, 0.25) is 0 Å². The summed E-state index contributed by atoms with van der Waals surface area (Å²) in [6.45, 7) is 3.96. The Morgan fingerprint density at radius 1 is 0.578 bits per heavy atom. The molecular formula is C51H96O12S. The summed E-state index contributed by atoms with van der Waals surface area (Å²) in [7, 11) is -5.06. The minimum Gasteiger partial charge on any atom is -0.457 e. The number of unbranched alkanes of at least 4 members (excludes halogenated alkanes) is 29. The molecule has 1 rings (SSSR count). The summed E-state index contributed by atoms with van der Waals surface area (Å²) in [5, 5.41) is 30.7. The number of esters is 1. The van der Waals surface area contributed by atoms with Crippen LogP contribution in [-0.4, -0.2) is 97.5 Å². The molecule has 0 saturated carbocycles. The molecule has 378 valence electrons. The molecule has 0 bridgehead atoms. The Morgan fingerprint density at radius 2 is 1.00 bits per heavy atom. The average molecular weight is 933 g/mol. The molecule has 6 atom stereocenters. The van der Waals surface area contributed by atoms with E-state index < -0.39 is 59.8 Å². The van der Waals surface area contributed by atoms with Gasteiger partial charge in [-0.05, 0) is 57.8 Å². The maximum absolute atomic E-state index is 12.8. The van der Waals surface area contributed by atoms with Crippen molar-refractivity contribution in [2.45, 2.75) is 269 Å². The van der Waals surface area contributed by atoms with E-state index in [0.29, 0.717) is 13.0 Å². The first-order chi connectivity index (χ1) is 31.1. The summed E-state index contributed by atoms with van der Waals surface area (Å²) in [6, 6.07) is 0. The maximum Gasteiger partial charge on any atom is 0.397 e. The highest BCUT2D eigenvalue weighted by atomic mass is 32.3. The normalized spacial score (nSPS) is 19.9. The van der Waals surface area contributed by atoms with Gasteiger partial charge in [-0.1, -0.05) is 192 Å². The largest absolute Gasteiger partial charge is 0.457 e. The molecule has 1 aliphatic rings. The quantitative estimate of drug-likeness (QED) is 0.0197. The van der Waals surface area contributed by atoms with Crippen LogP contribution in [0.1, 0.15) is 232 Å². The minimum atomic E-state index is -5.06. The summed E-state index contributed by atoms with van der Waals surface area (Å²) in [4.78, 5) is 12.8. The fourth-order valence-corrected chi connectivity index (χ4v) is 8.57. The summed E-state index contributed by atoms with van der Waals surface area (Å²) >= 11 is 0. The van der Waals surface area contributed by atoms with E-state index in [-0.39, 0.29) is 19.6 Å². The van der Waals surface area contributed by atoms with Gasteiger partial charge < -0.3 is 34.3 Å². The first kappa shape index (κ1) is 60.6. The molecule has 0 amide bonds. The lowest BCUT2D eigenvalue weighted by Crippen LogP contribution is -2.60. The van der Waals surface area contributed by atoms with Crippen molar-refractivity contribution >= 4 is 16.4 Å². The highest BCUT2D eigenvalue weighted by molar-refractivity contribution is 7.80. The molecule has 4 N–H and O–H groups in total. The zero-order valence-corrected chi connectivity index (χ0v) is 41.4. The van der Waals surface area contributed by atoms with E-state index in [1.165, 1.54) is 148 Å². The van der Waals surface area contributed by atoms with Gasteiger partial charge in [0.15, 0.2) is 6.29 Å². The van der Waals surface area contributed by atoms with Crippen molar-refractivity contribution in [2.24, 2.45) is 0 Å². The SMILES string of the molecule is CCCC/C=C\CCCCCCCC(=O)OC(COCCCCCCCCCCCCCCCC/C=C\CCCCCCCCCC)COC1OC(CO)C(O)C(OS(=O)(=O)O)C1O. The van der Waals surface area contributed by atoms with Gasteiger partial charge in [0.2, 0.25) is 0 Å². The van der Waals surface area contributed by atoms with Gasteiger partial charge in [-0.3, -0.25) is 9.35 Å². The number of carbonyl (C=O) groups is 1. The second-order valence-corrected chi connectivity index (χ2v) is 19.2. The molecule has 0 radical (unpaired) electrons. The molecule has 12 nitrogen and oxygen atoms in total. The summed E-state index contributed by atoms with van der Waals surface area (Å²) < 4.78 is 59.1. The topological polar surface area (TPSA) is 178 Å². The van der Waals surface area contributed by atoms with Crippen LogP contribution in [0.3, 0.4) is 0 Å². The van der Waals surface area contributed by atoms with Crippen molar-refractivity contribution in [2.75, 3.05) is 26.4 Å². The standard InChI is InChI=1S/C51H96O12S/c1-3-5-7-9-11-13-15-16-17-18-19-20-21-22-23-24-25-26-27-28-29-31-33-35-37-39-41-59-43-45(61-47(53)40-38-36-34-32-30-14-12-10-8-6-4-2)44-60-51-49(55)50(63-64(56,57)58)48(54)46(42-52)62-51/h10,12,18-19,45-46,48-52,54-55H,3-9,11,13-17,20-44H2,1-2H3,(H,56,57,58)/b12-10-,19-18-. The Labute approximate surface area is 391 Å². The van der Waals surface area contributed by atoms with Crippen molar-refractivity contribution in [1.29, 1.82) is 0 Å². The molecule has 1 fully saturated rings. The van der Waals surface area contributed by atoms with Gasteiger partial charge in [-0.25, -0.2) is 4.18 Å². The van der Waals surface area contributed by atoms with Crippen LogP contribution >= 0.6 is 0 Å². The van der Waals surface area contributed by atoms with Gasteiger partial charge in [0.05, 0.1) is 19.8 Å². The summed E-state index contributed by atoms with van der Waals surface area (Å²) in [5.41, 5.74) is 0. The monoisotopic (exact) mass is 933 g/mol. The summed E-state index contributed by atoms with van der Waals surface area (Å²) in [5.74, 6) is -0.407. The number of aliphatic hydroxyl groups is 3. The third-order valence-electron chi connectivity index (χ3n) is 12.0. The van der Waals surface area contributed by atoms with Crippen molar-refractivity contribution in [3.8, 4) is 0 Å². The van der Waals surface area contributed by atoms with E-state index in [4.69, 9.17) is 18.9 Å². The zero-order valence-electron chi connectivity index (χ0n) is 40.6. The van der Waals surface area contributed by atoms with Gasteiger partial charge in [-0.2, -0.15) is 8.42 Å².